The number of nitrogens with zero attached hydrogens (tertiary/aromatic N) is 3. The molecule has 4 nitrogen and oxygen atoms in total. The van der Waals surface area contributed by atoms with Crippen LogP contribution in [0.15, 0.2) is 6.33 Å². The molecular formula is C10H13N3O. The molecule has 0 fully saturated rings. The number of Topliss-reactive ketones (excluding diaryl/α,β-unsaturated/α-hetero) is 1. The van der Waals surface area contributed by atoms with Crippen molar-refractivity contribution in [2.45, 2.75) is 26.2 Å². The fourth-order valence-electron chi connectivity index (χ4n) is 1.22. The van der Waals surface area contributed by atoms with Gasteiger partial charge in [-0.3, -0.25) is 4.79 Å². The number of unbranched alkanes of at least 4 members (excludes halogenated alkanes) is 1. The van der Waals surface area contributed by atoms with Gasteiger partial charge in [0.25, 0.3) is 0 Å². The number of imidazole rings is 1. The second-order valence-corrected chi connectivity index (χ2v) is 3.19. The first-order valence-electron chi connectivity index (χ1n) is 4.65. The van der Waals surface area contributed by atoms with Gasteiger partial charge in [-0.15, -0.1) is 0 Å². The van der Waals surface area contributed by atoms with Gasteiger partial charge in [-0.25, -0.2) is 4.98 Å². The Kier molecular flexibility index (Phi) is 3.41. The van der Waals surface area contributed by atoms with Crippen LogP contribution in [-0.2, 0) is 7.05 Å². The largest absolute Gasteiger partial charge is 0.325 e. The molecule has 1 aromatic rings. The van der Waals surface area contributed by atoms with E-state index < -0.39 is 0 Å². The van der Waals surface area contributed by atoms with Crippen LogP contribution in [0.25, 0.3) is 0 Å². The molecule has 0 spiro atoms. The highest BCUT2D eigenvalue weighted by atomic mass is 16.1. The smallest absolute Gasteiger partial charge is 0.184 e. The number of ketones is 1. The lowest BCUT2D eigenvalue weighted by Crippen LogP contribution is -2.03. The predicted molar refractivity (Wildman–Crippen MR) is 51.8 cm³/mol. The van der Waals surface area contributed by atoms with Crippen molar-refractivity contribution in [3.05, 3.63) is 17.7 Å². The standard InChI is InChI=1S/C10H13N3O/c1-3-4-5-9(14)10-8(6-11)13(2)7-12-10/h7H,3-5H2,1-2H3. The first-order chi connectivity index (χ1) is 6.70. The molecule has 1 rings (SSSR count). The van der Waals surface area contributed by atoms with Crippen LogP contribution < -0.4 is 0 Å². The third-order valence-corrected chi connectivity index (χ3v) is 2.06. The number of carbonyl (C=O) groups excluding carboxylic acids is 1. The highest BCUT2D eigenvalue weighted by molar-refractivity contribution is 5.96. The van der Waals surface area contributed by atoms with E-state index in [1.54, 1.807) is 11.6 Å². The van der Waals surface area contributed by atoms with Crippen molar-refractivity contribution >= 4 is 5.78 Å². The first kappa shape index (κ1) is 10.5. The molecule has 0 saturated heterocycles. The molecule has 0 aliphatic carbocycles. The minimum atomic E-state index is -0.0380. The number of carbonyl (C=O) groups is 1. The van der Waals surface area contributed by atoms with Crippen molar-refractivity contribution in [1.82, 2.24) is 9.55 Å². The molecule has 0 aromatic carbocycles. The number of hydrogen-bond donors (Lipinski definition) is 0. The summed E-state index contributed by atoms with van der Waals surface area (Å²) in [5, 5.41) is 8.80. The summed E-state index contributed by atoms with van der Waals surface area (Å²) in [5.41, 5.74) is 0.662. The second-order valence-electron chi connectivity index (χ2n) is 3.19. The molecular weight excluding hydrogens is 178 g/mol. The van der Waals surface area contributed by atoms with Crippen molar-refractivity contribution < 1.29 is 4.79 Å². The van der Waals surface area contributed by atoms with Gasteiger partial charge in [0.1, 0.15) is 11.8 Å². The van der Waals surface area contributed by atoms with Crippen LogP contribution in [0, 0.1) is 11.3 Å². The Morgan fingerprint density at radius 1 is 1.71 bits per heavy atom. The van der Waals surface area contributed by atoms with Gasteiger partial charge in [-0.1, -0.05) is 13.3 Å². The van der Waals surface area contributed by atoms with Gasteiger partial charge in [0.15, 0.2) is 11.5 Å². The van der Waals surface area contributed by atoms with E-state index in [2.05, 4.69) is 4.98 Å². The third kappa shape index (κ3) is 1.99. The Morgan fingerprint density at radius 2 is 2.43 bits per heavy atom. The van der Waals surface area contributed by atoms with Crippen LogP contribution in [0.2, 0.25) is 0 Å². The van der Waals surface area contributed by atoms with Gasteiger partial charge >= 0.3 is 0 Å². The molecule has 0 atom stereocenters. The molecule has 0 unspecified atom stereocenters. The third-order valence-electron chi connectivity index (χ3n) is 2.06. The Labute approximate surface area is 83.2 Å². The number of aromatic nitrogens is 2. The Bertz CT molecular complexity index is 373. The molecule has 0 bridgehead atoms. The molecule has 74 valence electrons. The number of hydrogen-bond acceptors (Lipinski definition) is 3. The molecule has 0 N–H and O–H groups in total. The highest BCUT2D eigenvalue weighted by Crippen LogP contribution is 2.09. The van der Waals surface area contributed by atoms with Gasteiger partial charge in [0, 0.05) is 13.5 Å². The summed E-state index contributed by atoms with van der Waals surface area (Å²) in [6, 6.07) is 1.98. The van der Waals surface area contributed by atoms with Crippen molar-refractivity contribution in [3.63, 3.8) is 0 Å². The normalized spacial score (nSPS) is 9.79. The van der Waals surface area contributed by atoms with Crippen molar-refractivity contribution in [3.8, 4) is 6.07 Å². The van der Waals surface area contributed by atoms with Gasteiger partial charge in [0.2, 0.25) is 0 Å². The minimum absolute atomic E-state index is 0.0380. The Hall–Kier alpha value is -1.63. The lowest BCUT2D eigenvalue weighted by Gasteiger charge is -1.96. The number of rotatable bonds is 4. The van der Waals surface area contributed by atoms with Crippen LogP contribution in [0.5, 0.6) is 0 Å². The van der Waals surface area contributed by atoms with Gasteiger partial charge in [-0.2, -0.15) is 5.26 Å². The zero-order chi connectivity index (χ0) is 10.6. The fraction of sp³-hybridized carbons (Fsp3) is 0.500. The van der Waals surface area contributed by atoms with Crippen LogP contribution in [0.1, 0.15) is 42.4 Å². The zero-order valence-corrected chi connectivity index (χ0v) is 8.45. The average Bonchev–Trinajstić information content (AvgIpc) is 2.55. The van der Waals surface area contributed by atoms with E-state index >= 15 is 0 Å². The maximum atomic E-state index is 11.6. The van der Waals surface area contributed by atoms with Crippen LogP contribution >= 0.6 is 0 Å². The Morgan fingerprint density at radius 3 is 3.00 bits per heavy atom. The minimum Gasteiger partial charge on any atom is -0.325 e. The van der Waals surface area contributed by atoms with Crippen LogP contribution in [0.4, 0.5) is 0 Å². The summed E-state index contributed by atoms with van der Waals surface area (Å²) >= 11 is 0. The molecule has 0 aliphatic heterocycles. The molecule has 0 radical (unpaired) electrons. The SMILES string of the molecule is CCCCC(=O)c1ncn(C)c1C#N. The zero-order valence-electron chi connectivity index (χ0n) is 8.45. The van der Waals surface area contributed by atoms with E-state index in [0.29, 0.717) is 17.8 Å². The fourth-order valence-corrected chi connectivity index (χ4v) is 1.22. The summed E-state index contributed by atoms with van der Waals surface area (Å²) in [7, 11) is 1.71. The van der Waals surface area contributed by atoms with Crippen LogP contribution in [0.3, 0.4) is 0 Å². The van der Waals surface area contributed by atoms with Gasteiger partial charge < -0.3 is 4.57 Å². The van der Waals surface area contributed by atoms with Crippen molar-refractivity contribution in [2.75, 3.05) is 0 Å². The molecule has 0 saturated carbocycles. The summed E-state index contributed by atoms with van der Waals surface area (Å²) in [6.45, 7) is 2.02. The number of aryl methyl sites for hydroxylation is 1. The second kappa shape index (κ2) is 4.56. The predicted octanol–water partition coefficient (Wildman–Crippen LogP) is 1.66. The monoisotopic (exact) mass is 191 g/mol. The van der Waals surface area contributed by atoms with Gasteiger partial charge in [0.05, 0.1) is 6.33 Å². The number of nitriles is 1. The van der Waals surface area contributed by atoms with E-state index in [-0.39, 0.29) is 5.78 Å². The van der Waals surface area contributed by atoms with E-state index in [4.69, 9.17) is 5.26 Å². The summed E-state index contributed by atoms with van der Waals surface area (Å²) < 4.78 is 1.57. The highest BCUT2D eigenvalue weighted by Gasteiger charge is 2.15. The molecule has 1 heterocycles. The lowest BCUT2D eigenvalue weighted by atomic mass is 10.1. The molecule has 14 heavy (non-hydrogen) atoms. The molecule has 0 aliphatic rings. The van der Waals surface area contributed by atoms with Crippen LogP contribution in [-0.4, -0.2) is 15.3 Å². The lowest BCUT2D eigenvalue weighted by molar-refractivity contribution is 0.0975. The maximum Gasteiger partial charge on any atom is 0.184 e. The topological polar surface area (TPSA) is 58.7 Å². The van der Waals surface area contributed by atoms with E-state index in [0.717, 1.165) is 12.8 Å². The van der Waals surface area contributed by atoms with Crippen molar-refractivity contribution in [2.24, 2.45) is 7.05 Å². The van der Waals surface area contributed by atoms with E-state index in [1.165, 1.54) is 6.33 Å². The first-order valence-corrected chi connectivity index (χ1v) is 4.65. The van der Waals surface area contributed by atoms with E-state index in [1.807, 2.05) is 13.0 Å². The summed E-state index contributed by atoms with van der Waals surface area (Å²) in [6.07, 6.45) is 3.79. The maximum absolute atomic E-state index is 11.6. The molecule has 1 aromatic heterocycles. The molecule has 4 heteroatoms. The quantitative estimate of drug-likeness (QED) is 0.680. The van der Waals surface area contributed by atoms with E-state index in [9.17, 15) is 4.79 Å². The average molecular weight is 191 g/mol. The Balaban J connectivity index is 2.86. The van der Waals surface area contributed by atoms with Crippen molar-refractivity contribution in [1.29, 1.82) is 5.26 Å². The summed E-state index contributed by atoms with van der Waals surface area (Å²) in [5.74, 6) is -0.0380. The molecule has 0 amide bonds. The summed E-state index contributed by atoms with van der Waals surface area (Å²) in [4.78, 5) is 15.5. The van der Waals surface area contributed by atoms with Gasteiger partial charge in [-0.05, 0) is 6.42 Å².